The maximum absolute atomic E-state index is 12.3. The maximum atomic E-state index is 12.3. The molecule has 0 saturated heterocycles. The van der Waals surface area contributed by atoms with Gasteiger partial charge in [-0.15, -0.1) is 10.2 Å². The van der Waals surface area contributed by atoms with E-state index in [9.17, 15) is 4.79 Å². The van der Waals surface area contributed by atoms with Crippen LogP contribution in [0.4, 0.5) is 0 Å². The van der Waals surface area contributed by atoms with E-state index in [1.807, 2.05) is 47.0 Å². The van der Waals surface area contributed by atoms with E-state index in [1.165, 1.54) is 0 Å². The van der Waals surface area contributed by atoms with Crippen LogP contribution in [0, 0.1) is 0 Å². The molecule has 1 aromatic heterocycles. The van der Waals surface area contributed by atoms with Crippen molar-refractivity contribution in [3.63, 3.8) is 0 Å². The Bertz CT molecular complexity index is 880. The molecular formula is C19H20N4O2S. The third-order valence-electron chi connectivity index (χ3n) is 3.74. The summed E-state index contributed by atoms with van der Waals surface area (Å²) in [5, 5.41) is 12.2. The smallest absolute Gasteiger partial charge is 0.251 e. The summed E-state index contributed by atoms with van der Waals surface area (Å²) >= 11 is 1.59. The molecule has 6 nitrogen and oxygen atoms in total. The van der Waals surface area contributed by atoms with Crippen molar-refractivity contribution in [3.8, 4) is 11.4 Å². The predicted molar refractivity (Wildman–Crippen MR) is 102 cm³/mol. The van der Waals surface area contributed by atoms with Gasteiger partial charge >= 0.3 is 0 Å². The molecule has 1 amide bonds. The molecule has 0 unspecified atom stereocenters. The first-order valence-electron chi connectivity index (χ1n) is 8.28. The van der Waals surface area contributed by atoms with Crippen molar-refractivity contribution < 1.29 is 9.53 Å². The van der Waals surface area contributed by atoms with Gasteiger partial charge in [-0.05, 0) is 30.0 Å². The van der Waals surface area contributed by atoms with E-state index in [4.69, 9.17) is 4.74 Å². The third-order valence-corrected chi connectivity index (χ3v) is 4.55. The standard InChI is InChI=1S/C19H20N4O2S/c1-3-26-19-22-21-17(13-20-18(24)14-9-5-4-6-10-14)23(19)15-11-7-8-12-16(15)25-2/h4-12H,3,13H2,1-2H3,(H,20,24). The summed E-state index contributed by atoms with van der Waals surface area (Å²) in [6.45, 7) is 2.33. The zero-order valence-electron chi connectivity index (χ0n) is 14.7. The summed E-state index contributed by atoms with van der Waals surface area (Å²) in [7, 11) is 1.63. The number of methoxy groups -OCH3 is 1. The normalized spacial score (nSPS) is 10.5. The van der Waals surface area contributed by atoms with Crippen molar-refractivity contribution in [2.24, 2.45) is 0 Å². The van der Waals surface area contributed by atoms with E-state index in [2.05, 4.69) is 22.4 Å². The number of nitrogens with zero attached hydrogens (tertiary/aromatic N) is 3. The lowest BCUT2D eigenvalue weighted by atomic mass is 10.2. The van der Waals surface area contributed by atoms with E-state index in [0.29, 0.717) is 11.4 Å². The molecule has 26 heavy (non-hydrogen) atoms. The van der Waals surface area contributed by atoms with E-state index in [1.54, 1.807) is 31.0 Å². The van der Waals surface area contributed by atoms with Crippen molar-refractivity contribution in [3.05, 3.63) is 66.0 Å². The van der Waals surface area contributed by atoms with E-state index >= 15 is 0 Å². The number of nitrogens with one attached hydrogen (secondary N) is 1. The van der Waals surface area contributed by atoms with Gasteiger partial charge in [0.15, 0.2) is 11.0 Å². The molecule has 1 heterocycles. The molecule has 0 aliphatic heterocycles. The first kappa shape index (κ1) is 18.0. The number of amides is 1. The highest BCUT2D eigenvalue weighted by atomic mass is 32.2. The maximum Gasteiger partial charge on any atom is 0.251 e. The van der Waals surface area contributed by atoms with Gasteiger partial charge in [-0.2, -0.15) is 0 Å². The van der Waals surface area contributed by atoms with Gasteiger partial charge in [-0.3, -0.25) is 9.36 Å². The average Bonchev–Trinajstić information content (AvgIpc) is 3.09. The minimum absolute atomic E-state index is 0.148. The summed E-state index contributed by atoms with van der Waals surface area (Å²) in [4.78, 5) is 12.3. The molecule has 1 N–H and O–H groups in total. The molecular weight excluding hydrogens is 348 g/mol. The van der Waals surface area contributed by atoms with E-state index in [-0.39, 0.29) is 12.5 Å². The van der Waals surface area contributed by atoms with E-state index < -0.39 is 0 Å². The van der Waals surface area contributed by atoms with Crippen molar-refractivity contribution in [1.29, 1.82) is 0 Å². The number of rotatable bonds is 7. The second-order valence-corrected chi connectivity index (χ2v) is 6.62. The molecule has 0 aliphatic carbocycles. The third kappa shape index (κ3) is 3.88. The Hall–Kier alpha value is -2.80. The summed E-state index contributed by atoms with van der Waals surface area (Å²) in [5.74, 6) is 2.09. The molecule has 3 rings (SSSR count). The van der Waals surface area contributed by atoms with Gasteiger partial charge in [-0.25, -0.2) is 0 Å². The molecule has 2 aromatic carbocycles. The number of benzene rings is 2. The van der Waals surface area contributed by atoms with Crippen molar-refractivity contribution >= 4 is 17.7 Å². The Morgan fingerprint density at radius 1 is 1.12 bits per heavy atom. The van der Waals surface area contributed by atoms with Crippen molar-refractivity contribution in [2.75, 3.05) is 12.9 Å². The van der Waals surface area contributed by atoms with Gasteiger partial charge in [0.25, 0.3) is 5.91 Å². The lowest BCUT2D eigenvalue weighted by molar-refractivity contribution is 0.0949. The van der Waals surface area contributed by atoms with Gasteiger partial charge in [-0.1, -0.05) is 49.0 Å². The first-order chi connectivity index (χ1) is 12.7. The van der Waals surface area contributed by atoms with Crippen LogP contribution in [0.1, 0.15) is 23.1 Å². The van der Waals surface area contributed by atoms with Gasteiger partial charge < -0.3 is 10.1 Å². The molecule has 0 spiro atoms. The lowest BCUT2D eigenvalue weighted by Gasteiger charge is -2.13. The Morgan fingerprint density at radius 2 is 1.85 bits per heavy atom. The number of ether oxygens (including phenoxy) is 1. The van der Waals surface area contributed by atoms with Gasteiger partial charge in [0.05, 0.1) is 19.3 Å². The molecule has 0 fully saturated rings. The zero-order chi connectivity index (χ0) is 18.4. The summed E-state index contributed by atoms with van der Waals surface area (Å²) in [5.41, 5.74) is 1.46. The number of para-hydroxylation sites is 2. The van der Waals surface area contributed by atoms with Crippen molar-refractivity contribution in [2.45, 2.75) is 18.6 Å². The Kier molecular flexibility index (Phi) is 5.91. The number of hydrogen-bond donors (Lipinski definition) is 1. The van der Waals surface area contributed by atoms with Crippen LogP contribution in [0.25, 0.3) is 5.69 Å². The summed E-state index contributed by atoms with van der Waals surface area (Å²) in [6.07, 6.45) is 0. The van der Waals surface area contributed by atoms with Gasteiger partial charge in [0, 0.05) is 5.56 Å². The molecule has 7 heteroatoms. The number of carbonyl (C=O) groups excluding carboxylic acids is 1. The zero-order valence-corrected chi connectivity index (χ0v) is 15.5. The highest BCUT2D eigenvalue weighted by molar-refractivity contribution is 7.99. The average molecular weight is 368 g/mol. The van der Waals surface area contributed by atoms with Crippen LogP contribution >= 0.6 is 11.8 Å². The quantitative estimate of drug-likeness (QED) is 0.648. The van der Waals surface area contributed by atoms with Gasteiger partial charge in [0.2, 0.25) is 0 Å². The van der Waals surface area contributed by atoms with Crippen LogP contribution in [-0.2, 0) is 6.54 Å². The molecule has 3 aromatic rings. The fourth-order valence-electron chi connectivity index (χ4n) is 2.54. The molecule has 0 radical (unpaired) electrons. The number of carbonyl (C=O) groups is 1. The molecule has 0 atom stereocenters. The molecule has 0 saturated carbocycles. The number of aromatic nitrogens is 3. The number of hydrogen-bond acceptors (Lipinski definition) is 5. The highest BCUT2D eigenvalue weighted by Crippen LogP contribution is 2.28. The summed E-state index contributed by atoms with van der Waals surface area (Å²) < 4.78 is 7.41. The minimum atomic E-state index is -0.148. The van der Waals surface area contributed by atoms with Crippen LogP contribution in [0.2, 0.25) is 0 Å². The van der Waals surface area contributed by atoms with Crippen LogP contribution in [0.5, 0.6) is 5.75 Å². The fraction of sp³-hybridized carbons (Fsp3) is 0.211. The van der Waals surface area contributed by atoms with Crippen LogP contribution in [0.3, 0.4) is 0 Å². The molecule has 0 aliphatic rings. The van der Waals surface area contributed by atoms with Crippen LogP contribution in [0.15, 0.2) is 59.8 Å². The SMILES string of the molecule is CCSc1nnc(CNC(=O)c2ccccc2)n1-c1ccccc1OC. The second kappa shape index (κ2) is 8.53. The largest absolute Gasteiger partial charge is 0.495 e. The Labute approximate surface area is 156 Å². The predicted octanol–water partition coefficient (Wildman–Crippen LogP) is 3.32. The first-order valence-corrected chi connectivity index (χ1v) is 9.27. The lowest BCUT2D eigenvalue weighted by Crippen LogP contribution is -2.24. The fourth-order valence-corrected chi connectivity index (χ4v) is 3.23. The molecule has 0 bridgehead atoms. The van der Waals surface area contributed by atoms with Crippen molar-refractivity contribution in [1.82, 2.24) is 20.1 Å². The minimum Gasteiger partial charge on any atom is -0.495 e. The number of thioether (sulfide) groups is 1. The van der Waals surface area contributed by atoms with E-state index in [0.717, 1.165) is 22.3 Å². The van der Waals surface area contributed by atoms with Crippen LogP contribution < -0.4 is 10.1 Å². The summed E-state index contributed by atoms with van der Waals surface area (Å²) in [6, 6.07) is 16.8. The van der Waals surface area contributed by atoms with Crippen LogP contribution in [-0.4, -0.2) is 33.5 Å². The topological polar surface area (TPSA) is 69.0 Å². The highest BCUT2D eigenvalue weighted by Gasteiger charge is 2.17. The monoisotopic (exact) mass is 368 g/mol. The van der Waals surface area contributed by atoms with Gasteiger partial charge in [0.1, 0.15) is 5.75 Å². The Balaban J connectivity index is 1.89. The molecule has 134 valence electrons. The second-order valence-electron chi connectivity index (χ2n) is 5.39. The Morgan fingerprint density at radius 3 is 2.58 bits per heavy atom.